The largest absolute Gasteiger partial charge is 0.481 e. The number of hydrogen-bond acceptors (Lipinski definition) is 5. The van der Waals surface area contributed by atoms with Crippen molar-refractivity contribution >= 4 is 26.0 Å². The maximum absolute atomic E-state index is 13.0. The van der Waals surface area contributed by atoms with E-state index in [9.17, 15) is 19.5 Å². The third-order valence-electron chi connectivity index (χ3n) is 8.84. The number of fused-ring (bicyclic) bond motifs is 2. The summed E-state index contributed by atoms with van der Waals surface area (Å²) in [4.78, 5) is 39.3. The van der Waals surface area contributed by atoms with Gasteiger partial charge in [-0.15, -0.1) is 0 Å². The van der Waals surface area contributed by atoms with E-state index in [1.54, 1.807) is 0 Å². The van der Waals surface area contributed by atoms with Gasteiger partial charge in [-0.1, -0.05) is 41.5 Å². The second-order valence-electron chi connectivity index (χ2n) is 13.0. The minimum atomic E-state index is -2.20. The Morgan fingerprint density at radius 1 is 1.17 bits per heavy atom. The fourth-order valence-corrected chi connectivity index (χ4v) is 6.57. The number of nitrogens with zero attached hydrogens (tertiary/aromatic N) is 1. The molecule has 202 valence electrons. The van der Waals surface area contributed by atoms with E-state index >= 15 is 0 Å². The minimum absolute atomic E-state index is 0.0265. The van der Waals surface area contributed by atoms with E-state index in [1.807, 2.05) is 32.7 Å². The van der Waals surface area contributed by atoms with Gasteiger partial charge in [-0.3, -0.25) is 14.4 Å². The van der Waals surface area contributed by atoms with Crippen LogP contribution in [-0.4, -0.2) is 67.4 Å². The quantitative estimate of drug-likeness (QED) is 0.332. The summed E-state index contributed by atoms with van der Waals surface area (Å²) in [7, 11) is -0.328. The molecule has 1 N–H and O–H groups in total. The number of Topliss-reactive ketones (excluding diaryl/α,β-unsaturated/α-hetero) is 1. The summed E-state index contributed by atoms with van der Waals surface area (Å²) in [5.74, 6) is -0.554. The molecule has 2 fully saturated rings. The summed E-state index contributed by atoms with van der Waals surface area (Å²) in [6.45, 7) is 17.1. The van der Waals surface area contributed by atoms with Gasteiger partial charge in [0.2, 0.25) is 5.91 Å². The van der Waals surface area contributed by atoms with Crippen molar-refractivity contribution in [2.24, 2.45) is 11.3 Å². The van der Waals surface area contributed by atoms with Gasteiger partial charge in [0.15, 0.2) is 8.32 Å². The topological polar surface area (TPSA) is 93.1 Å². The fourth-order valence-electron chi connectivity index (χ4n) is 5.21. The summed E-state index contributed by atoms with van der Waals surface area (Å²) in [5, 5.41) is 9.33. The molecule has 2 aliphatic heterocycles. The van der Waals surface area contributed by atoms with Crippen molar-refractivity contribution in [1.29, 1.82) is 0 Å². The predicted molar refractivity (Wildman–Crippen MR) is 140 cm³/mol. The molecule has 0 aromatic carbocycles. The van der Waals surface area contributed by atoms with E-state index in [0.29, 0.717) is 19.4 Å². The molecule has 35 heavy (non-hydrogen) atoms. The second-order valence-corrected chi connectivity index (χ2v) is 17.8. The van der Waals surface area contributed by atoms with E-state index in [1.165, 1.54) is 0 Å². The Morgan fingerprint density at radius 3 is 2.31 bits per heavy atom. The summed E-state index contributed by atoms with van der Waals surface area (Å²) < 4.78 is 12.7. The molecule has 1 unspecified atom stereocenters. The molecule has 1 amide bonds. The van der Waals surface area contributed by atoms with Crippen LogP contribution >= 0.6 is 0 Å². The van der Waals surface area contributed by atoms with Gasteiger partial charge in [-0.05, 0) is 50.2 Å². The zero-order valence-corrected chi connectivity index (χ0v) is 24.5. The van der Waals surface area contributed by atoms with Gasteiger partial charge < -0.3 is 19.2 Å². The maximum atomic E-state index is 13.0. The summed E-state index contributed by atoms with van der Waals surface area (Å²) in [6, 6.07) is 0. The number of ketones is 1. The van der Waals surface area contributed by atoms with Crippen molar-refractivity contribution < 1.29 is 28.7 Å². The van der Waals surface area contributed by atoms with Crippen molar-refractivity contribution in [2.75, 3.05) is 13.6 Å². The molecule has 0 saturated carbocycles. The van der Waals surface area contributed by atoms with E-state index in [0.717, 1.165) is 25.7 Å². The van der Waals surface area contributed by atoms with Crippen molar-refractivity contribution in [2.45, 2.75) is 129 Å². The van der Waals surface area contributed by atoms with Gasteiger partial charge in [0.25, 0.3) is 0 Å². The molecule has 0 radical (unpaired) electrons. The van der Waals surface area contributed by atoms with Crippen LogP contribution in [0.2, 0.25) is 18.1 Å². The standard InChI is InChI=1S/C27H49NO6Si/c1-10-26(5,6)24(32)28(7)18-19-15-21-12-14-27(19,33-21)13-11-20(29)16-22(17-23(30)31)34-35(8,9)25(2,3)4/h19,21-22H,10-18H2,1-9H3,(H,30,31)/t19-,21+,22?,27+/m0/s1. The van der Waals surface area contributed by atoms with Gasteiger partial charge in [0.1, 0.15) is 5.78 Å². The van der Waals surface area contributed by atoms with Crippen LogP contribution in [0.25, 0.3) is 0 Å². The number of aliphatic carboxylic acids is 1. The molecule has 2 aliphatic rings. The zero-order valence-electron chi connectivity index (χ0n) is 23.5. The number of carbonyl (C=O) groups is 3. The van der Waals surface area contributed by atoms with Crippen molar-refractivity contribution in [3.63, 3.8) is 0 Å². The molecular weight excluding hydrogens is 462 g/mol. The highest BCUT2D eigenvalue weighted by molar-refractivity contribution is 6.74. The summed E-state index contributed by atoms with van der Waals surface area (Å²) in [6.07, 6.45) is 4.14. The molecule has 0 aliphatic carbocycles. The van der Waals surface area contributed by atoms with Crippen LogP contribution in [0.5, 0.6) is 0 Å². The zero-order chi connectivity index (χ0) is 26.8. The van der Waals surface area contributed by atoms with Crippen LogP contribution in [-0.2, 0) is 23.5 Å². The van der Waals surface area contributed by atoms with E-state index in [4.69, 9.17) is 9.16 Å². The highest BCUT2D eigenvalue weighted by Gasteiger charge is 2.53. The molecule has 7 nitrogen and oxygen atoms in total. The Balaban J connectivity index is 2.02. The van der Waals surface area contributed by atoms with Gasteiger partial charge in [-0.25, -0.2) is 0 Å². The number of ether oxygens (including phenoxy) is 1. The molecule has 8 heteroatoms. The second kappa shape index (κ2) is 11.0. The van der Waals surface area contributed by atoms with Crippen LogP contribution in [0.1, 0.15) is 92.9 Å². The first-order valence-corrected chi connectivity index (χ1v) is 16.2. The number of carboxylic acid groups (broad SMARTS) is 1. The number of carbonyl (C=O) groups excluding carboxylic acids is 2. The van der Waals surface area contributed by atoms with Crippen LogP contribution in [0.15, 0.2) is 0 Å². The Bertz CT molecular complexity index is 789. The molecule has 0 spiro atoms. The lowest BCUT2D eigenvalue weighted by molar-refractivity contribution is -0.141. The number of hydrogen-bond donors (Lipinski definition) is 1. The molecule has 2 heterocycles. The van der Waals surface area contributed by atoms with E-state index in [2.05, 4.69) is 33.9 Å². The molecule has 2 bridgehead atoms. The highest BCUT2D eigenvalue weighted by Crippen LogP contribution is 2.50. The van der Waals surface area contributed by atoms with Crippen LogP contribution in [0.4, 0.5) is 0 Å². The third kappa shape index (κ3) is 7.38. The van der Waals surface area contributed by atoms with E-state index in [-0.39, 0.29) is 52.6 Å². The number of amides is 1. The third-order valence-corrected chi connectivity index (χ3v) is 13.4. The van der Waals surface area contributed by atoms with E-state index < -0.39 is 20.4 Å². The smallest absolute Gasteiger partial charge is 0.305 e. The molecule has 0 aromatic rings. The SMILES string of the molecule is CCC(C)(C)C(=O)N(C)C[C@@H]1C[C@H]2CC[C@@]1(CCC(=O)CC(CC(=O)O)O[Si](C)(C)C(C)(C)C)O2. The molecular formula is C27H49NO6Si. The lowest BCUT2D eigenvalue weighted by Gasteiger charge is -2.39. The predicted octanol–water partition coefficient (Wildman–Crippen LogP) is 5.42. The average Bonchev–Trinajstić information content (AvgIpc) is 3.28. The molecule has 2 saturated heterocycles. The van der Waals surface area contributed by atoms with Gasteiger partial charge in [0.05, 0.1) is 24.2 Å². The normalized spacial score (nSPS) is 25.5. The van der Waals surface area contributed by atoms with Crippen molar-refractivity contribution in [3.05, 3.63) is 0 Å². The first kappa shape index (κ1) is 30.0. The molecule has 2 rings (SSSR count). The van der Waals surface area contributed by atoms with Crippen molar-refractivity contribution in [1.82, 2.24) is 4.90 Å². The van der Waals surface area contributed by atoms with Gasteiger partial charge >= 0.3 is 5.97 Å². The monoisotopic (exact) mass is 511 g/mol. The average molecular weight is 512 g/mol. The molecule has 4 atom stereocenters. The first-order chi connectivity index (χ1) is 15.9. The Morgan fingerprint density at radius 2 is 1.80 bits per heavy atom. The van der Waals surface area contributed by atoms with Crippen molar-refractivity contribution in [3.8, 4) is 0 Å². The summed E-state index contributed by atoms with van der Waals surface area (Å²) >= 11 is 0. The molecule has 0 aromatic heterocycles. The lowest BCUT2D eigenvalue weighted by atomic mass is 9.75. The number of rotatable bonds is 13. The Kier molecular flexibility index (Phi) is 9.43. The van der Waals surface area contributed by atoms with Crippen LogP contribution < -0.4 is 0 Å². The Labute approximate surface area is 213 Å². The van der Waals surface area contributed by atoms with Crippen LogP contribution in [0.3, 0.4) is 0 Å². The maximum Gasteiger partial charge on any atom is 0.305 e. The van der Waals surface area contributed by atoms with Gasteiger partial charge in [-0.2, -0.15) is 0 Å². The fraction of sp³-hybridized carbons (Fsp3) is 0.889. The first-order valence-electron chi connectivity index (χ1n) is 13.3. The lowest BCUT2D eigenvalue weighted by Crippen LogP contribution is -2.46. The van der Waals surface area contributed by atoms with Gasteiger partial charge in [0, 0.05) is 37.8 Å². The number of carboxylic acids is 1. The highest BCUT2D eigenvalue weighted by atomic mass is 28.4. The van der Waals surface area contributed by atoms with Crippen LogP contribution in [0, 0.1) is 11.3 Å². The minimum Gasteiger partial charge on any atom is -0.481 e. The Hall–Kier alpha value is -1.25. The summed E-state index contributed by atoms with van der Waals surface area (Å²) in [5.41, 5.74) is -0.756.